The summed E-state index contributed by atoms with van der Waals surface area (Å²) in [5.74, 6) is -0.479. The third-order valence-corrected chi connectivity index (χ3v) is 3.48. The summed E-state index contributed by atoms with van der Waals surface area (Å²) in [7, 11) is 1.57. The zero-order valence-electron chi connectivity index (χ0n) is 11.2. The fraction of sp³-hybridized carbons (Fsp3) is 0.538. The van der Waals surface area contributed by atoms with Crippen LogP contribution in [0.4, 0.5) is 10.1 Å². The van der Waals surface area contributed by atoms with Crippen molar-refractivity contribution in [1.29, 1.82) is 0 Å². The maximum atomic E-state index is 13.8. The van der Waals surface area contributed by atoms with Gasteiger partial charge in [-0.2, -0.15) is 0 Å². The number of hydrogen-bond donors (Lipinski definition) is 1. The van der Waals surface area contributed by atoms with Gasteiger partial charge in [0, 0.05) is 43.9 Å². The lowest BCUT2D eigenvalue weighted by Gasteiger charge is -2.23. The quantitative estimate of drug-likeness (QED) is 0.652. The van der Waals surface area contributed by atoms with Crippen molar-refractivity contribution in [2.45, 2.75) is 25.1 Å². The molecule has 0 aromatic heterocycles. The summed E-state index contributed by atoms with van der Waals surface area (Å²) in [6.45, 7) is 1.07. The number of hydrogen-bond acceptors (Lipinski definition) is 5. The standard InChI is InChI=1S/C13H17FN2O4/c1-20-8-11-5-12(17)7-15(11)6-9-4-10(16(18)19)2-3-13(9)14/h2-4,11-12,17H,5-8H2,1H3/t11-,12-/m1/s1. The minimum Gasteiger partial charge on any atom is -0.392 e. The van der Waals surface area contributed by atoms with Crippen molar-refractivity contribution in [3.8, 4) is 0 Å². The lowest BCUT2D eigenvalue weighted by Crippen LogP contribution is -2.32. The topological polar surface area (TPSA) is 75.8 Å². The molecular formula is C13H17FN2O4. The van der Waals surface area contributed by atoms with E-state index in [0.29, 0.717) is 19.6 Å². The molecule has 1 aliphatic heterocycles. The largest absolute Gasteiger partial charge is 0.392 e. The third kappa shape index (κ3) is 3.30. The van der Waals surface area contributed by atoms with Crippen LogP contribution in [-0.4, -0.2) is 47.3 Å². The molecule has 20 heavy (non-hydrogen) atoms. The van der Waals surface area contributed by atoms with Crippen LogP contribution < -0.4 is 0 Å². The first-order chi connectivity index (χ1) is 9.51. The van der Waals surface area contributed by atoms with Gasteiger partial charge in [0.2, 0.25) is 0 Å². The van der Waals surface area contributed by atoms with E-state index in [1.807, 2.05) is 4.90 Å². The Morgan fingerprint density at radius 2 is 2.35 bits per heavy atom. The molecule has 0 aliphatic carbocycles. The summed E-state index contributed by atoms with van der Waals surface area (Å²) < 4.78 is 18.8. The van der Waals surface area contributed by atoms with Crippen LogP contribution in [0.3, 0.4) is 0 Å². The van der Waals surface area contributed by atoms with E-state index in [-0.39, 0.29) is 23.8 Å². The maximum absolute atomic E-state index is 13.8. The minimum absolute atomic E-state index is 0.00587. The van der Waals surface area contributed by atoms with E-state index < -0.39 is 16.8 Å². The molecule has 2 rings (SSSR count). The molecule has 110 valence electrons. The van der Waals surface area contributed by atoms with Crippen LogP contribution in [0, 0.1) is 15.9 Å². The first kappa shape index (κ1) is 14.8. The van der Waals surface area contributed by atoms with Crippen LogP contribution in [0.5, 0.6) is 0 Å². The Morgan fingerprint density at radius 3 is 3.00 bits per heavy atom. The van der Waals surface area contributed by atoms with Crippen LogP contribution in [0.2, 0.25) is 0 Å². The number of nitrogens with zero attached hydrogens (tertiary/aromatic N) is 2. The number of benzene rings is 1. The SMILES string of the molecule is COC[C@H]1C[C@@H](O)CN1Cc1cc([N+](=O)[O-])ccc1F. The summed E-state index contributed by atoms with van der Waals surface area (Å²) in [5, 5.41) is 20.4. The molecule has 1 saturated heterocycles. The summed E-state index contributed by atoms with van der Waals surface area (Å²) in [6.07, 6.45) is 0.0848. The van der Waals surface area contributed by atoms with Crippen LogP contribution in [0.25, 0.3) is 0 Å². The fourth-order valence-electron chi connectivity index (χ4n) is 2.53. The highest BCUT2D eigenvalue weighted by Crippen LogP contribution is 2.24. The molecule has 1 aromatic carbocycles. The van der Waals surface area contributed by atoms with Crippen LogP contribution in [-0.2, 0) is 11.3 Å². The van der Waals surface area contributed by atoms with Gasteiger partial charge < -0.3 is 9.84 Å². The normalized spacial score (nSPS) is 23.1. The Kier molecular flexibility index (Phi) is 4.64. The average Bonchev–Trinajstić information content (AvgIpc) is 2.72. The predicted molar refractivity (Wildman–Crippen MR) is 69.8 cm³/mol. The number of nitro groups is 1. The zero-order chi connectivity index (χ0) is 14.7. The number of halogens is 1. The Hall–Kier alpha value is -1.57. The number of aliphatic hydroxyl groups is 1. The van der Waals surface area contributed by atoms with Gasteiger partial charge >= 0.3 is 0 Å². The number of non-ortho nitro benzene ring substituents is 1. The van der Waals surface area contributed by atoms with E-state index in [1.54, 1.807) is 7.11 Å². The monoisotopic (exact) mass is 284 g/mol. The smallest absolute Gasteiger partial charge is 0.269 e. The van der Waals surface area contributed by atoms with Crippen LogP contribution >= 0.6 is 0 Å². The Labute approximate surface area is 115 Å². The highest BCUT2D eigenvalue weighted by atomic mass is 19.1. The van der Waals surface area contributed by atoms with E-state index in [1.165, 1.54) is 6.07 Å². The van der Waals surface area contributed by atoms with Crippen molar-refractivity contribution in [3.63, 3.8) is 0 Å². The molecule has 1 heterocycles. The van der Waals surface area contributed by atoms with Gasteiger partial charge in [0.25, 0.3) is 5.69 Å². The molecule has 7 heteroatoms. The number of likely N-dealkylation sites (tertiary alicyclic amines) is 1. The van der Waals surface area contributed by atoms with E-state index in [2.05, 4.69) is 0 Å². The van der Waals surface area contributed by atoms with Crippen molar-refractivity contribution in [2.24, 2.45) is 0 Å². The van der Waals surface area contributed by atoms with E-state index in [4.69, 9.17) is 4.74 Å². The molecule has 0 bridgehead atoms. The highest BCUT2D eigenvalue weighted by molar-refractivity contribution is 5.35. The highest BCUT2D eigenvalue weighted by Gasteiger charge is 2.31. The van der Waals surface area contributed by atoms with Crippen molar-refractivity contribution in [3.05, 3.63) is 39.7 Å². The van der Waals surface area contributed by atoms with E-state index in [9.17, 15) is 19.6 Å². The Morgan fingerprint density at radius 1 is 1.60 bits per heavy atom. The molecule has 1 aromatic rings. The number of β-amino-alcohol motifs (C(OH)–C–C–N with tert-alkyl or cyclic N) is 1. The molecule has 0 spiro atoms. The van der Waals surface area contributed by atoms with E-state index in [0.717, 1.165) is 12.1 Å². The summed E-state index contributed by atoms with van der Waals surface area (Å²) >= 11 is 0. The van der Waals surface area contributed by atoms with Crippen molar-refractivity contribution in [1.82, 2.24) is 4.90 Å². The molecule has 0 radical (unpaired) electrons. The molecule has 0 saturated carbocycles. The Balaban J connectivity index is 2.16. The van der Waals surface area contributed by atoms with Crippen molar-refractivity contribution >= 4 is 5.69 Å². The molecule has 0 amide bonds. The summed E-state index contributed by atoms with van der Waals surface area (Å²) in [6, 6.07) is 3.48. The molecular weight excluding hydrogens is 267 g/mol. The van der Waals surface area contributed by atoms with Gasteiger partial charge in [0.05, 0.1) is 17.6 Å². The summed E-state index contributed by atoms with van der Waals surface area (Å²) in [5.41, 5.74) is 0.124. The number of ether oxygens (including phenoxy) is 1. The van der Waals surface area contributed by atoms with Crippen molar-refractivity contribution in [2.75, 3.05) is 20.3 Å². The number of nitro benzene ring substituents is 1. The first-order valence-corrected chi connectivity index (χ1v) is 6.35. The fourth-order valence-corrected chi connectivity index (χ4v) is 2.53. The van der Waals surface area contributed by atoms with Gasteiger partial charge in [-0.25, -0.2) is 4.39 Å². The number of rotatable bonds is 5. The van der Waals surface area contributed by atoms with Crippen molar-refractivity contribution < 1.29 is 19.2 Å². The number of methoxy groups -OCH3 is 1. The van der Waals surface area contributed by atoms with Gasteiger partial charge in [-0.3, -0.25) is 15.0 Å². The van der Waals surface area contributed by atoms with Gasteiger partial charge in [-0.15, -0.1) is 0 Å². The molecule has 1 aliphatic rings. The van der Waals surface area contributed by atoms with E-state index >= 15 is 0 Å². The average molecular weight is 284 g/mol. The Bertz CT molecular complexity index is 497. The molecule has 6 nitrogen and oxygen atoms in total. The number of aliphatic hydroxyl groups excluding tert-OH is 1. The third-order valence-electron chi connectivity index (χ3n) is 3.48. The molecule has 2 atom stereocenters. The lowest BCUT2D eigenvalue weighted by atomic mass is 10.1. The second-order valence-electron chi connectivity index (χ2n) is 4.96. The van der Waals surface area contributed by atoms with Crippen LogP contribution in [0.15, 0.2) is 18.2 Å². The van der Waals surface area contributed by atoms with Gasteiger partial charge in [-0.1, -0.05) is 0 Å². The van der Waals surface area contributed by atoms with Gasteiger partial charge in [-0.05, 0) is 12.5 Å². The minimum atomic E-state index is -0.547. The first-order valence-electron chi connectivity index (χ1n) is 6.35. The summed E-state index contributed by atoms with van der Waals surface area (Å²) in [4.78, 5) is 12.1. The van der Waals surface area contributed by atoms with Crippen LogP contribution in [0.1, 0.15) is 12.0 Å². The second kappa shape index (κ2) is 6.25. The molecule has 1 fully saturated rings. The zero-order valence-corrected chi connectivity index (χ0v) is 11.2. The second-order valence-corrected chi connectivity index (χ2v) is 4.96. The predicted octanol–water partition coefficient (Wildman–Crippen LogP) is 1.32. The lowest BCUT2D eigenvalue weighted by molar-refractivity contribution is -0.385. The molecule has 1 N–H and O–H groups in total. The van der Waals surface area contributed by atoms with Gasteiger partial charge in [0.15, 0.2) is 0 Å². The molecule has 0 unspecified atom stereocenters. The van der Waals surface area contributed by atoms with Gasteiger partial charge in [0.1, 0.15) is 5.82 Å². The maximum Gasteiger partial charge on any atom is 0.269 e.